The van der Waals surface area contributed by atoms with E-state index >= 15 is 0 Å². The fourth-order valence-corrected chi connectivity index (χ4v) is 1.71. The van der Waals surface area contributed by atoms with Gasteiger partial charge in [0.05, 0.1) is 4.92 Å². The van der Waals surface area contributed by atoms with Crippen LogP contribution in [0.15, 0.2) is 41.3 Å². The van der Waals surface area contributed by atoms with Crippen LogP contribution in [0.4, 0.5) is 5.69 Å². The average Bonchev–Trinajstić information content (AvgIpc) is 2.19. The maximum absolute atomic E-state index is 10.4. The molecule has 74 valence electrons. The molecule has 1 aromatic carbocycles. The average molecular weight is 209 g/mol. The Bertz CT molecular complexity index is 332. The van der Waals surface area contributed by atoms with Gasteiger partial charge in [-0.2, -0.15) is 0 Å². The van der Waals surface area contributed by atoms with Gasteiger partial charge in [-0.1, -0.05) is 12.2 Å². The smallest absolute Gasteiger partial charge is 0.258 e. The zero-order valence-corrected chi connectivity index (χ0v) is 8.66. The third-order valence-electron chi connectivity index (χ3n) is 1.63. The number of hydrogen-bond donors (Lipinski definition) is 0. The molecule has 0 aliphatic rings. The summed E-state index contributed by atoms with van der Waals surface area (Å²) in [5.41, 5.74) is 0.139. The minimum Gasteiger partial charge on any atom is -0.258 e. The Morgan fingerprint density at radius 3 is 2.57 bits per heavy atom. The van der Waals surface area contributed by atoms with Crippen LogP contribution >= 0.6 is 11.8 Å². The van der Waals surface area contributed by atoms with Crippen LogP contribution in [0.2, 0.25) is 0 Å². The van der Waals surface area contributed by atoms with Gasteiger partial charge in [-0.05, 0) is 19.1 Å². The molecule has 0 saturated carbocycles. The van der Waals surface area contributed by atoms with Gasteiger partial charge in [0.1, 0.15) is 0 Å². The van der Waals surface area contributed by atoms with Crippen molar-refractivity contribution in [1.82, 2.24) is 0 Å². The molecule has 0 spiro atoms. The Balaban J connectivity index is 2.59. The molecule has 0 aromatic heterocycles. The molecule has 0 unspecified atom stereocenters. The number of benzene rings is 1. The first-order valence-corrected chi connectivity index (χ1v) is 5.21. The van der Waals surface area contributed by atoms with Gasteiger partial charge in [-0.15, -0.1) is 11.8 Å². The Kier molecular flexibility index (Phi) is 4.19. The molecule has 1 aromatic rings. The number of nitrogens with zero attached hydrogens (tertiary/aromatic N) is 1. The number of non-ortho nitro benzene ring substituents is 1. The molecule has 0 radical (unpaired) electrons. The Hall–Kier alpha value is -1.29. The van der Waals surface area contributed by atoms with Crippen molar-refractivity contribution in [1.29, 1.82) is 0 Å². The molecular formula is C10H11NO2S. The molecule has 0 atom stereocenters. The first-order valence-electron chi connectivity index (χ1n) is 4.22. The Morgan fingerprint density at radius 1 is 1.43 bits per heavy atom. The second-order valence-electron chi connectivity index (χ2n) is 2.63. The molecule has 0 amide bonds. The molecule has 0 bridgehead atoms. The van der Waals surface area contributed by atoms with Gasteiger partial charge in [0.25, 0.3) is 5.69 Å². The quantitative estimate of drug-likeness (QED) is 0.331. The van der Waals surface area contributed by atoms with E-state index in [0.29, 0.717) is 0 Å². The summed E-state index contributed by atoms with van der Waals surface area (Å²) < 4.78 is 0. The SMILES string of the molecule is C/C=C/CSc1ccc([N+](=O)[O-])cc1. The summed E-state index contributed by atoms with van der Waals surface area (Å²) in [6.07, 6.45) is 4.03. The van der Waals surface area contributed by atoms with Crippen molar-refractivity contribution in [3.05, 3.63) is 46.5 Å². The summed E-state index contributed by atoms with van der Waals surface area (Å²) in [5, 5.41) is 10.4. The van der Waals surface area contributed by atoms with Crippen LogP contribution in [0.5, 0.6) is 0 Å². The molecule has 3 nitrogen and oxygen atoms in total. The summed E-state index contributed by atoms with van der Waals surface area (Å²) in [5.74, 6) is 0.897. The Morgan fingerprint density at radius 2 is 2.07 bits per heavy atom. The predicted octanol–water partition coefficient (Wildman–Crippen LogP) is 3.26. The predicted molar refractivity (Wildman–Crippen MR) is 58.6 cm³/mol. The van der Waals surface area contributed by atoms with E-state index in [1.807, 2.05) is 19.1 Å². The minimum absolute atomic E-state index is 0.139. The number of nitro benzene ring substituents is 1. The van der Waals surface area contributed by atoms with E-state index < -0.39 is 0 Å². The summed E-state index contributed by atoms with van der Waals surface area (Å²) in [6.45, 7) is 1.97. The lowest BCUT2D eigenvalue weighted by atomic mass is 10.3. The first-order chi connectivity index (χ1) is 6.74. The lowest BCUT2D eigenvalue weighted by molar-refractivity contribution is -0.384. The van der Waals surface area contributed by atoms with Crippen LogP contribution in [-0.2, 0) is 0 Å². The van der Waals surface area contributed by atoms with E-state index in [-0.39, 0.29) is 10.6 Å². The molecule has 4 heteroatoms. The lowest BCUT2D eigenvalue weighted by Gasteiger charge is -1.97. The maximum Gasteiger partial charge on any atom is 0.269 e. The van der Waals surface area contributed by atoms with Crippen molar-refractivity contribution >= 4 is 17.4 Å². The third-order valence-corrected chi connectivity index (χ3v) is 2.59. The van der Waals surface area contributed by atoms with Crippen LogP contribution in [-0.4, -0.2) is 10.7 Å². The van der Waals surface area contributed by atoms with E-state index in [9.17, 15) is 10.1 Å². The monoisotopic (exact) mass is 209 g/mol. The standard InChI is InChI=1S/C10H11NO2S/c1-2-3-8-14-10-6-4-9(5-7-10)11(12)13/h2-7H,8H2,1H3/b3-2+. The summed E-state index contributed by atoms with van der Waals surface area (Å²) in [7, 11) is 0. The number of hydrogen-bond acceptors (Lipinski definition) is 3. The van der Waals surface area contributed by atoms with Gasteiger partial charge in [-0.3, -0.25) is 10.1 Å². The van der Waals surface area contributed by atoms with Crippen molar-refractivity contribution in [3.63, 3.8) is 0 Å². The van der Waals surface area contributed by atoms with Crippen LogP contribution in [0.1, 0.15) is 6.92 Å². The second kappa shape index (κ2) is 5.44. The summed E-state index contributed by atoms with van der Waals surface area (Å²) in [4.78, 5) is 11.0. The molecular weight excluding hydrogens is 198 g/mol. The highest BCUT2D eigenvalue weighted by molar-refractivity contribution is 7.99. The van der Waals surface area contributed by atoms with E-state index in [4.69, 9.17) is 0 Å². The van der Waals surface area contributed by atoms with Crippen LogP contribution in [0.3, 0.4) is 0 Å². The van der Waals surface area contributed by atoms with Crippen molar-refractivity contribution in [3.8, 4) is 0 Å². The highest BCUT2D eigenvalue weighted by Gasteiger charge is 2.02. The minimum atomic E-state index is -0.388. The van der Waals surface area contributed by atoms with Crippen molar-refractivity contribution in [2.24, 2.45) is 0 Å². The maximum atomic E-state index is 10.4. The van der Waals surface area contributed by atoms with Gasteiger partial charge in [-0.25, -0.2) is 0 Å². The van der Waals surface area contributed by atoms with Gasteiger partial charge in [0.15, 0.2) is 0 Å². The van der Waals surface area contributed by atoms with E-state index in [0.717, 1.165) is 10.6 Å². The van der Waals surface area contributed by atoms with Crippen LogP contribution in [0.25, 0.3) is 0 Å². The second-order valence-corrected chi connectivity index (χ2v) is 3.72. The number of rotatable bonds is 4. The zero-order chi connectivity index (χ0) is 10.4. The number of thioether (sulfide) groups is 1. The number of nitro groups is 1. The third kappa shape index (κ3) is 3.22. The van der Waals surface area contributed by atoms with E-state index in [1.54, 1.807) is 23.9 Å². The van der Waals surface area contributed by atoms with Crippen LogP contribution < -0.4 is 0 Å². The van der Waals surface area contributed by atoms with E-state index in [1.165, 1.54) is 12.1 Å². The van der Waals surface area contributed by atoms with Crippen molar-refractivity contribution in [2.75, 3.05) is 5.75 Å². The molecule has 14 heavy (non-hydrogen) atoms. The lowest BCUT2D eigenvalue weighted by Crippen LogP contribution is -1.86. The number of allylic oxidation sites excluding steroid dienone is 1. The van der Waals surface area contributed by atoms with Crippen molar-refractivity contribution in [2.45, 2.75) is 11.8 Å². The highest BCUT2D eigenvalue weighted by Crippen LogP contribution is 2.21. The molecule has 0 fully saturated rings. The zero-order valence-electron chi connectivity index (χ0n) is 7.84. The fraction of sp³-hybridized carbons (Fsp3) is 0.200. The Labute approximate surface area is 87.0 Å². The first kappa shape index (κ1) is 10.8. The molecule has 0 aliphatic heterocycles. The van der Waals surface area contributed by atoms with Gasteiger partial charge < -0.3 is 0 Å². The molecule has 0 N–H and O–H groups in total. The van der Waals surface area contributed by atoms with Gasteiger partial charge in [0.2, 0.25) is 0 Å². The molecule has 0 heterocycles. The summed E-state index contributed by atoms with van der Waals surface area (Å²) in [6, 6.07) is 6.59. The normalized spacial score (nSPS) is 10.6. The highest BCUT2D eigenvalue weighted by atomic mass is 32.2. The van der Waals surface area contributed by atoms with Crippen molar-refractivity contribution < 1.29 is 4.92 Å². The topological polar surface area (TPSA) is 43.1 Å². The molecule has 0 saturated heterocycles. The fourth-order valence-electron chi connectivity index (χ4n) is 0.905. The van der Waals surface area contributed by atoms with Gasteiger partial charge in [0, 0.05) is 22.8 Å². The molecule has 1 rings (SSSR count). The molecule has 0 aliphatic carbocycles. The van der Waals surface area contributed by atoms with E-state index in [2.05, 4.69) is 0 Å². The largest absolute Gasteiger partial charge is 0.269 e. The van der Waals surface area contributed by atoms with Crippen LogP contribution in [0, 0.1) is 10.1 Å². The van der Waals surface area contributed by atoms with Gasteiger partial charge >= 0.3 is 0 Å². The summed E-state index contributed by atoms with van der Waals surface area (Å²) >= 11 is 1.66.